The van der Waals surface area contributed by atoms with Gasteiger partial charge in [0.25, 0.3) is 0 Å². The van der Waals surface area contributed by atoms with E-state index >= 15 is 0 Å². The van der Waals surface area contributed by atoms with Crippen molar-refractivity contribution in [1.82, 2.24) is 20.1 Å². The highest BCUT2D eigenvalue weighted by atomic mass is 16.6. The van der Waals surface area contributed by atoms with Gasteiger partial charge in [0, 0.05) is 26.2 Å². The summed E-state index contributed by atoms with van der Waals surface area (Å²) in [6.07, 6.45) is -0.694. The summed E-state index contributed by atoms with van der Waals surface area (Å²) in [5.74, 6) is 0.128. The minimum Gasteiger partial charge on any atom is -0.379 e. The van der Waals surface area contributed by atoms with Crippen LogP contribution in [0.25, 0.3) is 0 Å². The lowest BCUT2D eigenvalue weighted by atomic mass is 10.2. The summed E-state index contributed by atoms with van der Waals surface area (Å²) < 4.78 is 4.48. The molecule has 0 aromatic carbocycles. The molecule has 88 valence electrons. The number of hydrogen-bond acceptors (Lipinski definition) is 8. The number of nitroso groups, excluding NO2 is 1. The van der Waals surface area contributed by atoms with Crippen LogP contribution in [-0.2, 0) is 0 Å². The molecule has 1 aromatic heterocycles. The molecule has 0 spiro atoms. The van der Waals surface area contributed by atoms with Crippen molar-refractivity contribution in [3.63, 3.8) is 0 Å². The minimum absolute atomic E-state index is 0.128. The van der Waals surface area contributed by atoms with Gasteiger partial charge < -0.3 is 10.6 Å². The van der Waals surface area contributed by atoms with Crippen LogP contribution in [0.4, 0.5) is 5.82 Å². The van der Waals surface area contributed by atoms with Crippen LogP contribution >= 0.6 is 0 Å². The van der Waals surface area contributed by atoms with Crippen molar-refractivity contribution in [2.24, 2.45) is 5.18 Å². The maximum absolute atomic E-state index is 10.9. The Hall–Kier alpha value is -1.54. The molecular weight excluding hydrogens is 212 g/mol. The zero-order chi connectivity index (χ0) is 11.5. The molecule has 0 radical (unpaired) electrons. The van der Waals surface area contributed by atoms with Gasteiger partial charge in [-0.3, -0.25) is 4.90 Å². The molecule has 1 saturated heterocycles. The number of nitrogen functional groups attached to an aromatic ring is 1. The summed E-state index contributed by atoms with van der Waals surface area (Å²) in [6.45, 7) is 3.27. The minimum atomic E-state index is -0.694. The van der Waals surface area contributed by atoms with Gasteiger partial charge >= 0.3 is 0 Å². The third-order valence-corrected chi connectivity index (χ3v) is 2.77. The SMILES string of the molecule is CN1CCN(C(N=O)c2nonc2N)CC1. The number of anilines is 1. The van der Waals surface area contributed by atoms with Crippen LogP contribution in [0.3, 0.4) is 0 Å². The molecule has 1 atom stereocenters. The molecule has 1 unspecified atom stereocenters. The lowest BCUT2D eigenvalue weighted by Crippen LogP contribution is -2.45. The monoisotopic (exact) mass is 226 g/mol. The van der Waals surface area contributed by atoms with Crippen LogP contribution in [0.5, 0.6) is 0 Å². The number of rotatable bonds is 3. The van der Waals surface area contributed by atoms with Crippen molar-refractivity contribution < 1.29 is 4.63 Å². The molecule has 2 rings (SSSR count). The van der Waals surface area contributed by atoms with Gasteiger partial charge in [0.15, 0.2) is 17.7 Å². The maximum Gasteiger partial charge on any atom is 0.195 e. The van der Waals surface area contributed by atoms with Gasteiger partial charge in [0.05, 0.1) is 0 Å². The molecule has 16 heavy (non-hydrogen) atoms. The van der Waals surface area contributed by atoms with Gasteiger partial charge in [0.2, 0.25) is 0 Å². The van der Waals surface area contributed by atoms with Gasteiger partial charge in [-0.1, -0.05) is 0 Å². The molecule has 8 heteroatoms. The van der Waals surface area contributed by atoms with E-state index in [1.165, 1.54) is 0 Å². The lowest BCUT2D eigenvalue weighted by Gasteiger charge is -2.33. The molecular formula is C8H14N6O2. The van der Waals surface area contributed by atoms with Crippen LogP contribution in [-0.4, -0.2) is 53.3 Å². The van der Waals surface area contributed by atoms with Crippen LogP contribution in [0, 0.1) is 4.91 Å². The second-order valence-corrected chi connectivity index (χ2v) is 3.85. The van der Waals surface area contributed by atoms with Gasteiger partial charge in [-0.25, -0.2) is 4.63 Å². The van der Waals surface area contributed by atoms with E-state index in [1.807, 2.05) is 11.9 Å². The van der Waals surface area contributed by atoms with Crippen LogP contribution in [0.15, 0.2) is 9.81 Å². The molecule has 8 nitrogen and oxygen atoms in total. The zero-order valence-electron chi connectivity index (χ0n) is 9.04. The Labute approximate surface area is 92.3 Å². The predicted molar refractivity (Wildman–Crippen MR) is 56.3 cm³/mol. The normalized spacial score (nSPS) is 20.8. The van der Waals surface area contributed by atoms with Crippen molar-refractivity contribution in [2.45, 2.75) is 6.17 Å². The maximum atomic E-state index is 10.9. The highest BCUT2D eigenvalue weighted by Crippen LogP contribution is 2.24. The Balaban J connectivity index is 2.11. The van der Waals surface area contributed by atoms with E-state index in [0.717, 1.165) is 26.2 Å². The summed E-state index contributed by atoms with van der Waals surface area (Å²) >= 11 is 0. The summed E-state index contributed by atoms with van der Waals surface area (Å²) in [5.41, 5.74) is 5.85. The first-order chi connectivity index (χ1) is 7.72. The van der Waals surface area contributed by atoms with Crippen molar-refractivity contribution in [1.29, 1.82) is 0 Å². The van der Waals surface area contributed by atoms with E-state index in [-0.39, 0.29) is 5.82 Å². The molecule has 1 aliphatic rings. The summed E-state index contributed by atoms with van der Waals surface area (Å²) in [7, 11) is 2.03. The van der Waals surface area contributed by atoms with Crippen molar-refractivity contribution >= 4 is 5.82 Å². The molecule has 0 aliphatic carbocycles. The first-order valence-electron chi connectivity index (χ1n) is 5.05. The van der Waals surface area contributed by atoms with E-state index in [4.69, 9.17) is 5.73 Å². The highest BCUT2D eigenvalue weighted by molar-refractivity contribution is 5.33. The molecule has 2 heterocycles. The van der Waals surface area contributed by atoms with Crippen molar-refractivity contribution in [3.05, 3.63) is 10.6 Å². The van der Waals surface area contributed by atoms with Crippen LogP contribution < -0.4 is 5.73 Å². The van der Waals surface area contributed by atoms with E-state index in [2.05, 4.69) is 25.0 Å². The third-order valence-electron chi connectivity index (χ3n) is 2.77. The number of piperazine rings is 1. The Morgan fingerprint density at radius 3 is 2.56 bits per heavy atom. The molecule has 0 bridgehead atoms. The third kappa shape index (κ3) is 2.02. The Bertz CT molecular complexity index is 359. The van der Waals surface area contributed by atoms with Crippen molar-refractivity contribution in [2.75, 3.05) is 39.0 Å². The van der Waals surface area contributed by atoms with Gasteiger partial charge in [-0.2, -0.15) is 0 Å². The fourth-order valence-corrected chi connectivity index (χ4v) is 1.74. The number of nitrogens with two attached hydrogens (primary N) is 1. The standard InChI is InChI=1S/C8H14N6O2/c1-13-2-4-14(5-3-13)8(10-15)6-7(9)12-16-11-6/h8H,2-5H2,1H3,(H2,9,12). The Kier molecular flexibility index (Phi) is 3.11. The van der Waals surface area contributed by atoms with Gasteiger partial charge in [-0.15, -0.1) is 4.91 Å². The van der Waals surface area contributed by atoms with Gasteiger partial charge in [0.1, 0.15) is 0 Å². The highest BCUT2D eigenvalue weighted by Gasteiger charge is 2.29. The first-order valence-corrected chi connectivity index (χ1v) is 5.05. The number of nitrogens with zero attached hydrogens (tertiary/aromatic N) is 5. The predicted octanol–water partition coefficient (Wildman–Crippen LogP) is -0.336. The largest absolute Gasteiger partial charge is 0.379 e. The second kappa shape index (κ2) is 4.54. The first kappa shape index (κ1) is 11.0. The van der Waals surface area contributed by atoms with E-state index in [0.29, 0.717) is 5.69 Å². The molecule has 0 amide bonds. The lowest BCUT2D eigenvalue weighted by molar-refractivity contribution is 0.110. The summed E-state index contributed by atoms with van der Waals surface area (Å²) in [5, 5.41) is 10.1. The molecule has 0 saturated carbocycles. The fraction of sp³-hybridized carbons (Fsp3) is 0.750. The zero-order valence-corrected chi connectivity index (χ0v) is 9.04. The van der Waals surface area contributed by atoms with E-state index in [1.54, 1.807) is 0 Å². The molecule has 1 fully saturated rings. The molecule has 2 N–H and O–H groups in total. The summed E-state index contributed by atoms with van der Waals surface area (Å²) in [4.78, 5) is 15.0. The Morgan fingerprint density at radius 1 is 1.38 bits per heavy atom. The molecule has 1 aliphatic heterocycles. The smallest absolute Gasteiger partial charge is 0.195 e. The van der Waals surface area contributed by atoms with Crippen LogP contribution in [0.2, 0.25) is 0 Å². The second-order valence-electron chi connectivity index (χ2n) is 3.85. The van der Waals surface area contributed by atoms with Crippen molar-refractivity contribution in [3.8, 4) is 0 Å². The Morgan fingerprint density at radius 2 is 2.06 bits per heavy atom. The number of hydrogen-bond donors (Lipinski definition) is 1. The van der Waals surface area contributed by atoms with E-state index < -0.39 is 6.17 Å². The average molecular weight is 226 g/mol. The quantitative estimate of drug-likeness (QED) is 0.704. The number of likely N-dealkylation sites (N-methyl/N-ethyl adjacent to an activating group) is 1. The van der Waals surface area contributed by atoms with Crippen LogP contribution in [0.1, 0.15) is 11.9 Å². The fourth-order valence-electron chi connectivity index (χ4n) is 1.74. The van der Waals surface area contributed by atoms with Gasteiger partial charge in [-0.05, 0) is 22.5 Å². The summed E-state index contributed by atoms with van der Waals surface area (Å²) in [6, 6.07) is 0. The number of aromatic nitrogens is 2. The van der Waals surface area contributed by atoms with E-state index in [9.17, 15) is 4.91 Å². The molecule has 1 aromatic rings. The topological polar surface area (TPSA) is 101 Å². The average Bonchev–Trinajstić information content (AvgIpc) is 2.69.